The molecule has 1 fully saturated rings. The summed E-state index contributed by atoms with van der Waals surface area (Å²) in [6.07, 6.45) is 10.8. The molecule has 138 valence electrons. The van der Waals surface area contributed by atoms with Gasteiger partial charge in [-0.1, -0.05) is 6.92 Å². The molecule has 0 aromatic carbocycles. The lowest BCUT2D eigenvalue weighted by atomic mass is 9.95. The van der Waals surface area contributed by atoms with Crippen LogP contribution in [0.2, 0.25) is 0 Å². The Morgan fingerprint density at radius 2 is 2.04 bits per heavy atom. The molecule has 1 aliphatic rings. The van der Waals surface area contributed by atoms with Crippen molar-refractivity contribution < 1.29 is 4.39 Å². The zero-order valence-electron chi connectivity index (χ0n) is 15.3. The van der Waals surface area contributed by atoms with Crippen LogP contribution in [0.1, 0.15) is 36.9 Å². The normalized spacial score (nSPS) is 15.8. The monoisotopic (exact) mass is 363 g/mol. The largest absolute Gasteiger partial charge is 0.346 e. The molecule has 1 aliphatic heterocycles. The first-order chi connectivity index (χ1) is 13.2. The maximum absolute atomic E-state index is 14.8. The highest BCUT2D eigenvalue weighted by atomic mass is 19.1. The Kier molecular flexibility index (Phi) is 3.93. The molecule has 4 aromatic heterocycles. The van der Waals surface area contributed by atoms with E-state index in [9.17, 15) is 4.39 Å². The van der Waals surface area contributed by atoms with Gasteiger partial charge in [-0.15, -0.1) is 0 Å². The average Bonchev–Trinajstić information content (AvgIpc) is 3.32. The van der Waals surface area contributed by atoms with E-state index in [0.717, 1.165) is 60.2 Å². The van der Waals surface area contributed by atoms with Crippen molar-refractivity contribution in [3.63, 3.8) is 0 Å². The van der Waals surface area contributed by atoms with E-state index in [0.29, 0.717) is 11.6 Å². The molecule has 0 amide bonds. The molecule has 27 heavy (non-hydrogen) atoms. The fraction of sp³-hybridized carbons (Fsp3) is 0.333. The van der Waals surface area contributed by atoms with Gasteiger partial charge in [0.1, 0.15) is 5.65 Å². The molecule has 5 rings (SSSR count). The summed E-state index contributed by atoms with van der Waals surface area (Å²) in [5.41, 5.74) is 5.20. The van der Waals surface area contributed by atoms with E-state index < -0.39 is 0 Å². The fourth-order valence-electron chi connectivity index (χ4n) is 4.06. The number of aromatic nitrogens is 4. The van der Waals surface area contributed by atoms with Crippen molar-refractivity contribution in [1.82, 2.24) is 24.7 Å². The van der Waals surface area contributed by atoms with Crippen LogP contribution in [0.3, 0.4) is 0 Å². The van der Waals surface area contributed by atoms with Gasteiger partial charge >= 0.3 is 0 Å². The lowest BCUT2D eigenvalue weighted by molar-refractivity contribution is 0.454. The fourth-order valence-corrected chi connectivity index (χ4v) is 4.06. The number of halogens is 1. The molecule has 0 aliphatic carbocycles. The van der Waals surface area contributed by atoms with Crippen LogP contribution in [0.15, 0.2) is 36.9 Å². The number of piperidine rings is 1. The molecule has 4 aromatic rings. The molecule has 0 unspecified atom stereocenters. The number of hydrogen-bond acceptors (Lipinski definition) is 3. The van der Waals surface area contributed by atoms with Gasteiger partial charge < -0.3 is 14.7 Å². The third-order valence-electron chi connectivity index (χ3n) is 5.61. The lowest BCUT2D eigenvalue weighted by Gasteiger charge is -2.20. The Labute approximate surface area is 156 Å². The van der Waals surface area contributed by atoms with Gasteiger partial charge in [0.25, 0.3) is 0 Å². The molecule has 6 heteroatoms. The first-order valence-electron chi connectivity index (χ1n) is 9.58. The topological polar surface area (TPSA) is 58.0 Å². The van der Waals surface area contributed by atoms with Crippen LogP contribution in [0.5, 0.6) is 0 Å². The van der Waals surface area contributed by atoms with Crippen LogP contribution in [0, 0.1) is 5.82 Å². The molecule has 0 bridgehead atoms. The lowest BCUT2D eigenvalue weighted by Crippen LogP contribution is -2.26. The highest BCUT2D eigenvalue weighted by molar-refractivity contribution is 5.84. The van der Waals surface area contributed by atoms with Gasteiger partial charge in [0, 0.05) is 47.2 Å². The number of imidazole rings is 1. The zero-order chi connectivity index (χ0) is 18.4. The van der Waals surface area contributed by atoms with E-state index in [1.807, 2.05) is 23.0 Å². The van der Waals surface area contributed by atoms with E-state index in [4.69, 9.17) is 0 Å². The Morgan fingerprint density at radius 3 is 2.85 bits per heavy atom. The summed E-state index contributed by atoms with van der Waals surface area (Å²) >= 11 is 0. The molecule has 0 spiro atoms. The van der Waals surface area contributed by atoms with Crippen LogP contribution >= 0.6 is 0 Å². The van der Waals surface area contributed by atoms with Crippen LogP contribution in [0.4, 0.5) is 4.39 Å². The van der Waals surface area contributed by atoms with Gasteiger partial charge in [-0.05, 0) is 50.0 Å². The summed E-state index contributed by atoms with van der Waals surface area (Å²) in [5, 5.41) is 4.46. The number of hydrogen-bond donors (Lipinski definition) is 2. The predicted molar refractivity (Wildman–Crippen MR) is 104 cm³/mol. The van der Waals surface area contributed by atoms with Crippen molar-refractivity contribution in [2.24, 2.45) is 0 Å². The smallest absolute Gasteiger partial charge is 0.173 e. The minimum Gasteiger partial charge on any atom is -0.346 e. The maximum atomic E-state index is 14.8. The van der Waals surface area contributed by atoms with Gasteiger partial charge in [0.05, 0.1) is 5.69 Å². The van der Waals surface area contributed by atoms with Crippen LogP contribution in [-0.4, -0.2) is 32.4 Å². The number of aromatic amines is 1. The third-order valence-corrected chi connectivity index (χ3v) is 5.61. The predicted octanol–water partition coefficient (Wildman–Crippen LogP) is 4.05. The number of fused-ring (bicyclic) bond motifs is 2. The minimum absolute atomic E-state index is 0.294. The van der Waals surface area contributed by atoms with E-state index in [1.165, 1.54) is 5.56 Å². The van der Waals surface area contributed by atoms with Crippen molar-refractivity contribution in [2.45, 2.75) is 32.1 Å². The van der Waals surface area contributed by atoms with Crippen molar-refractivity contribution in [2.75, 3.05) is 13.1 Å². The van der Waals surface area contributed by atoms with E-state index in [1.54, 1.807) is 12.3 Å². The number of aryl methyl sites for hydroxylation is 1. The first-order valence-corrected chi connectivity index (χ1v) is 9.58. The SMILES string of the molecule is CCc1c[nH]c2ncc(-c3cc(F)c4nc(C5CCNCC5)cn4c3)cc12. The zero-order valence-corrected chi connectivity index (χ0v) is 15.3. The summed E-state index contributed by atoms with van der Waals surface area (Å²) in [7, 11) is 0. The van der Waals surface area contributed by atoms with Crippen LogP contribution in [-0.2, 0) is 6.42 Å². The summed E-state index contributed by atoms with van der Waals surface area (Å²) in [6, 6.07) is 3.65. The Morgan fingerprint density at radius 1 is 1.19 bits per heavy atom. The van der Waals surface area contributed by atoms with Gasteiger partial charge in [-0.2, -0.15) is 0 Å². The summed E-state index contributed by atoms with van der Waals surface area (Å²) in [5.74, 6) is 0.108. The van der Waals surface area contributed by atoms with Crippen LogP contribution in [0.25, 0.3) is 27.8 Å². The van der Waals surface area contributed by atoms with Crippen molar-refractivity contribution in [3.8, 4) is 11.1 Å². The number of pyridine rings is 2. The second-order valence-electron chi connectivity index (χ2n) is 7.29. The Balaban J connectivity index is 1.59. The molecule has 5 heterocycles. The quantitative estimate of drug-likeness (QED) is 0.577. The summed E-state index contributed by atoms with van der Waals surface area (Å²) in [6.45, 7) is 4.11. The molecule has 0 saturated carbocycles. The van der Waals surface area contributed by atoms with E-state index in [2.05, 4.69) is 33.3 Å². The standard InChI is InChI=1S/C21H22FN5/c1-2-13-9-24-20-17(13)7-15(10-25-20)16-8-18(22)21-26-19(12-27(21)11-16)14-3-5-23-6-4-14/h7-12,14,23H,2-6H2,1H3,(H,24,25). The van der Waals surface area contributed by atoms with E-state index >= 15 is 0 Å². The minimum atomic E-state index is -0.294. The number of rotatable bonds is 3. The molecular formula is C21H22FN5. The first kappa shape index (κ1) is 16.4. The van der Waals surface area contributed by atoms with Gasteiger partial charge in [0.15, 0.2) is 11.5 Å². The summed E-state index contributed by atoms with van der Waals surface area (Å²) in [4.78, 5) is 12.3. The Hall–Kier alpha value is -2.73. The number of nitrogens with zero attached hydrogens (tertiary/aromatic N) is 3. The van der Waals surface area contributed by atoms with Crippen molar-refractivity contribution >= 4 is 16.7 Å². The second-order valence-corrected chi connectivity index (χ2v) is 7.29. The van der Waals surface area contributed by atoms with E-state index in [-0.39, 0.29) is 5.82 Å². The molecule has 5 nitrogen and oxygen atoms in total. The molecular weight excluding hydrogens is 341 g/mol. The highest BCUT2D eigenvalue weighted by Crippen LogP contribution is 2.29. The highest BCUT2D eigenvalue weighted by Gasteiger charge is 2.19. The molecule has 1 saturated heterocycles. The van der Waals surface area contributed by atoms with Crippen molar-refractivity contribution in [3.05, 3.63) is 54.0 Å². The van der Waals surface area contributed by atoms with Crippen LogP contribution < -0.4 is 5.32 Å². The van der Waals surface area contributed by atoms with Gasteiger partial charge in [0.2, 0.25) is 0 Å². The molecule has 0 atom stereocenters. The number of nitrogens with one attached hydrogen (secondary N) is 2. The maximum Gasteiger partial charge on any atom is 0.173 e. The van der Waals surface area contributed by atoms with Crippen molar-refractivity contribution in [1.29, 1.82) is 0 Å². The van der Waals surface area contributed by atoms with Gasteiger partial charge in [-0.25, -0.2) is 14.4 Å². The number of H-pyrrole nitrogens is 1. The Bertz CT molecular complexity index is 1120. The van der Waals surface area contributed by atoms with Gasteiger partial charge in [-0.3, -0.25) is 0 Å². The molecule has 2 N–H and O–H groups in total. The average molecular weight is 363 g/mol. The third kappa shape index (κ3) is 2.80. The summed E-state index contributed by atoms with van der Waals surface area (Å²) < 4.78 is 16.6. The molecule has 0 radical (unpaired) electrons. The second kappa shape index (κ2) is 6.46.